The summed E-state index contributed by atoms with van der Waals surface area (Å²) in [5.74, 6) is 0. The van der Waals surface area contributed by atoms with Gasteiger partial charge in [0.1, 0.15) is 0 Å². The van der Waals surface area contributed by atoms with Crippen molar-refractivity contribution in [1.29, 1.82) is 0 Å². The fraction of sp³-hybridized carbons (Fsp3) is 1.00. The monoisotopic (exact) mass is 385 g/mol. The second kappa shape index (κ2) is 17.8. The highest BCUT2D eigenvalue weighted by atomic mass is 15.3. The molecule has 7 heteroatoms. The first kappa shape index (κ1) is 24.8. The molecule has 0 aromatic rings. The standard InChI is InChI=1S/C10H24N4.C10H23N3/c11-3-1-5-13-7-9-14(10-8-13)6-2-4-12;11-5-3-6-12-7-4-10-13-8-1-2-9-13/h1-12H2;12H,1-11H2. The molecule has 0 saturated carbocycles. The van der Waals surface area contributed by atoms with Gasteiger partial charge in [0.15, 0.2) is 0 Å². The Morgan fingerprint density at radius 3 is 1.41 bits per heavy atom. The molecule has 0 bridgehead atoms. The van der Waals surface area contributed by atoms with E-state index in [0.717, 1.165) is 52.0 Å². The zero-order valence-electron chi connectivity index (χ0n) is 17.7. The minimum absolute atomic E-state index is 0.805. The van der Waals surface area contributed by atoms with E-state index in [1.807, 2.05) is 0 Å². The Bertz CT molecular complexity index is 287. The van der Waals surface area contributed by atoms with Gasteiger partial charge in [0.05, 0.1) is 0 Å². The van der Waals surface area contributed by atoms with Crippen LogP contribution in [0.2, 0.25) is 0 Å². The van der Waals surface area contributed by atoms with Crippen LogP contribution in [0, 0.1) is 0 Å². The Balaban J connectivity index is 0.000000271. The van der Waals surface area contributed by atoms with Crippen LogP contribution < -0.4 is 22.5 Å². The molecule has 162 valence electrons. The van der Waals surface area contributed by atoms with Crippen LogP contribution in [0.3, 0.4) is 0 Å². The molecule has 0 unspecified atom stereocenters. The Morgan fingerprint density at radius 1 is 0.519 bits per heavy atom. The molecule has 7 nitrogen and oxygen atoms in total. The molecule has 0 radical (unpaired) electrons. The minimum Gasteiger partial charge on any atom is -0.330 e. The summed E-state index contributed by atoms with van der Waals surface area (Å²) in [6.45, 7) is 15.7. The van der Waals surface area contributed by atoms with Gasteiger partial charge in [-0.25, -0.2) is 0 Å². The summed E-state index contributed by atoms with van der Waals surface area (Å²) in [4.78, 5) is 7.57. The van der Waals surface area contributed by atoms with Gasteiger partial charge < -0.3 is 37.2 Å². The highest BCUT2D eigenvalue weighted by Gasteiger charge is 2.15. The third kappa shape index (κ3) is 13.5. The Labute approximate surface area is 168 Å². The van der Waals surface area contributed by atoms with Crippen molar-refractivity contribution < 1.29 is 0 Å². The highest BCUT2D eigenvalue weighted by Crippen LogP contribution is 2.06. The van der Waals surface area contributed by atoms with Crippen LogP contribution in [0.25, 0.3) is 0 Å². The lowest BCUT2D eigenvalue weighted by atomic mass is 10.2. The van der Waals surface area contributed by atoms with Gasteiger partial charge in [-0.05, 0) is 104 Å². The van der Waals surface area contributed by atoms with E-state index in [1.165, 1.54) is 78.2 Å². The van der Waals surface area contributed by atoms with Crippen LogP contribution in [-0.2, 0) is 0 Å². The van der Waals surface area contributed by atoms with E-state index in [4.69, 9.17) is 17.2 Å². The van der Waals surface area contributed by atoms with Gasteiger partial charge in [0.2, 0.25) is 0 Å². The van der Waals surface area contributed by atoms with Crippen molar-refractivity contribution in [3.8, 4) is 0 Å². The number of nitrogens with one attached hydrogen (secondary N) is 1. The van der Waals surface area contributed by atoms with Crippen molar-refractivity contribution in [3.05, 3.63) is 0 Å². The average Bonchev–Trinajstić information content (AvgIpc) is 3.22. The minimum atomic E-state index is 0.805. The first-order chi connectivity index (χ1) is 13.3. The van der Waals surface area contributed by atoms with Gasteiger partial charge in [-0.3, -0.25) is 0 Å². The molecule has 2 saturated heterocycles. The summed E-state index contributed by atoms with van der Waals surface area (Å²) in [5, 5.41) is 3.40. The van der Waals surface area contributed by atoms with E-state index >= 15 is 0 Å². The molecule has 2 aliphatic heterocycles. The molecule has 7 N–H and O–H groups in total. The van der Waals surface area contributed by atoms with Crippen LogP contribution in [-0.4, -0.2) is 106 Å². The van der Waals surface area contributed by atoms with Gasteiger partial charge in [0.25, 0.3) is 0 Å². The third-order valence-electron chi connectivity index (χ3n) is 5.41. The SMILES string of the molecule is NCCCN1CCN(CCCN)CC1.NCCCNCCCN1CCCC1. The summed E-state index contributed by atoms with van der Waals surface area (Å²) in [6.07, 6.45) is 7.45. The highest BCUT2D eigenvalue weighted by molar-refractivity contribution is 4.71. The molecule has 0 spiro atoms. The van der Waals surface area contributed by atoms with Crippen molar-refractivity contribution >= 4 is 0 Å². The van der Waals surface area contributed by atoms with Gasteiger partial charge in [0, 0.05) is 26.2 Å². The molecule has 0 atom stereocenters. The van der Waals surface area contributed by atoms with Crippen LogP contribution in [0.15, 0.2) is 0 Å². The quantitative estimate of drug-likeness (QED) is 0.323. The van der Waals surface area contributed by atoms with Crippen LogP contribution in [0.5, 0.6) is 0 Å². The maximum atomic E-state index is 5.49. The fourth-order valence-corrected chi connectivity index (χ4v) is 3.65. The van der Waals surface area contributed by atoms with E-state index < -0.39 is 0 Å². The van der Waals surface area contributed by atoms with E-state index in [9.17, 15) is 0 Å². The number of nitrogens with two attached hydrogens (primary N) is 3. The van der Waals surface area contributed by atoms with Crippen molar-refractivity contribution in [3.63, 3.8) is 0 Å². The fourth-order valence-electron chi connectivity index (χ4n) is 3.65. The Kier molecular flexibility index (Phi) is 16.3. The van der Waals surface area contributed by atoms with E-state index in [2.05, 4.69) is 20.0 Å². The number of hydrogen-bond acceptors (Lipinski definition) is 7. The number of hydrogen-bond donors (Lipinski definition) is 4. The van der Waals surface area contributed by atoms with Crippen LogP contribution in [0.4, 0.5) is 0 Å². The summed E-state index contributed by atoms with van der Waals surface area (Å²) in [6, 6.07) is 0. The molecule has 0 aliphatic carbocycles. The van der Waals surface area contributed by atoms with Crippen molar-refractivity contribution in [2.24, 2.45) is 17.2 Å². The summed E-state index contributed by atoms with van der Waals surface area (Å²) < 4.78 is 0. The molecule has 2 fully saturated rings. The van der Waals surface area contributed by atoms with E-state index in [1.54, 1.807) is 0 Å². The lowest BCUT2D eigenvalue weighted by molar-refractivity contribution is 0.131. The van der Waals surface area contributed by atoms with E-state index in [-0.39, 0.29) is 0 Å². The van der Waals surface area contributed by atoms with Crippen molar-refractivity contribution in [1.82, 2.24) is 20.0 Å². The van der Waals surface area contributed by atoms with E-state index in [0.29, 0.717) is 0 Å². The van der Waals surface area contributed by atoms with Crippen molar-refractivity contribution in [2.45, 2.75) is 38.5 Å². The lowest BCUT2D eigenvalue weighted by Gasteiger charge is -2.34. The largest absolute Gasteiger partial charge is 0.330 e. The molecule has 27 heavy (non-hydrogen) atoms. The van der Waals surface area contributed by atoms with Crippen LogP contribution >= 0.6 is 0 Å². The summed E-state index contributed by atoms with van der Waals surface area (Å²) in [5.41, 5.74) is 16.4. The first-order valence-electron chi connectivity index (χ1n) is 11.3. The molecule has 0 amide bonds. The second-order valence-corrected chi connectivity index (χ2v) is 7.76. The summed E-state index contributed by atoms with van der Waals surface area (Å²) >= 11 is 0. The number of nitrogens with zero attached hydrogens (tertiary/aromatic N) is 3. The molecule has 0 aromatic carbocycles. The smallest absolute Gasteiger partial charge is 0.0110 e. The Morgan fingerprint density at radius 2 is 0.926 bits per heavy atom. The van der Waals surface area contributed by atoms with Gasteiger partial charge in [-0.15, -0.1) is 0 Å². The molecule has 0 aromatic heterocycles. The van der Waals surface area contributed by atoms with Gasteiger partial charge >= 0.3 is 0 Å². The number of likely N-dealkylation sites (tertiary alicyclic amines) is 1. The van der Waals surface area contributed by atoms with Crippen LogP contribution in [0.1, 0.15) is 38.5 Å². The molecule has 2 heterocycles. The predicted molar refractivity (Wildman–Crippen MR) is 117 cm³/mol. The predicted octanol–water partition coefficient (Wildman–Crippen LogP) is -0.288. The molecular weight excluding hydrogens is 338 g/mol. The molecule has 2 rings (SSSR count). The van der Waals surface area contributed by atoms with Crippen molar-refractivity contribution in [2.75, 3.05) is 91.6 Å². The maximum Gasteiger partial charge on any atom is 0.0110 e. The number of piperazine rings is 1. The lowest BCUT2D eigenvalue weighted by Crippen LogP contribution is -2.47. The molecular formula is C20H47N7. The number of rotatable bonds is 13. The normalized spacial score (nSPS) is 19.2. The first-order valence-corrected chi connectivity index (χ1v) is 11.3. The summed E-state index contributed by atoms with van der Waals surface area (Å²) in [7, 11) is 0. The third-order valence-corrected chi connectivity index (χ3v) is 5.41. The molecule has 2 aliphatic rings. The zero-order chi connectivity index (χ0) is 19.6. The Hall–Kier alpha value is -0.280. The van der Waals surface area contributed by atoms with Gasteiger partial charge in [-0.2, -0.15) is 0 Å². The second-order valence-electron chi connectivity index (χ2n) is 7.76. The average molecular weight is 386 g/mol. The topological polar surface area (TPSA) is 99.8 Å². The van der Waals surface area contributed by atoms with Gasteiger partial charge in [-0.1, -0.05) is 0 Å². The maximum absolute atomic E-state index is 5.49. The zero-order valence-corrected chi connectivity index (χ0v) is 17.7.